The molecule has 0 saturated heterocycles. The minimum Gasteiger partial charge on any atom is -0.350 e. The lowest BCUT2D eigenvalue weighted by molar-refractivity contribution is -0.129. The normalized spacial score (nSPS) is 12.1. The highest BCUT2D eigenvalue weighted by Crippen LogP contribution is 2.02. The Labute approximate surface area is 206 Å². The van der Waals surface area contributed by atoms with Crippen molar-refractivity contribution in [1.82, 2.24) is 15.2 Å². The summed E-state index contributed by atoms with van der Waals surface area (Å²) in [6, 6.07) is 3.44. The van der Waals surface area contributed by atoms with Gasteiger partial charge in [-0.05, 0) is 57.1 Å². The van der Waals surface area contributed by atoms with E-state index in [1.807, 2.05) is 0 Å². The highest BCUT2D eigenvalue weighted by Gasteiger charge is 2.09. The van der Waals surface area contributed by atoms with Crippen molar-refractivity contribution in [3.05, 3.63) is 90.9 Å². The molecule has 0 aliphatic heterocycles. The van der Waals surface area contributed by atoms with Gasteiger partial charge in [0.1, 0.15) is 0 Å². The number of pyridine rings is 1. The molecule has 0 spiro atoms. The summed E-state index contributed by atoms with van der Waals surface area (Å²) in [4.78, 5) is 29.8. The van der Waals surface area contributed by atoms with Crippen molar-refractivity contribution in [1.29, 1.82) is 0 Å². The number of allylic oxidation sites excluding steroid dienone is 10. The van der Waals surface area contributed by atoms with E-state index in [2.05, 4.69) is 78.0 Å². The van der Waals surface area contributed by atoms with Gasteiger partial charge in [-0.1, -0.05) is 67.7 Å². The monoisotopic (exact) mass is 463 g/mol. The minimum absolute atomic E-state index is 0.1000. The summed E-state index contributed by atoms with van der Waals surface area (Å²) in [7, 11) is 1.77. The van der Waals surface area contributed by atoms with Crippen LogP contribution in [0.3, 0.4) is 0 Å². The van der Waals surface area contributed by atoms with E-state index in [1.165, 1.54) is 6.20 Å². The van der Waals surface area contributed by atoms with Gasteiger partial charge in [0.15, 0.2) is 0 Å². The zero-order chi connectivity index (χ0) is 24.7. The van der Waals surface area contributed by atoms with Crippen molar-refractivity contribution in [3.8, 4) is 0 Å². The molecule has 0 bridgehead atoms. The summed E-state index contributed by atoms with van der Waals surface area (Å²) in [5, 5.41) is 2.81. The second-order valence-corrected chi connectivity index (χ2v) is 7.91. The summed E-state index contributed by atoms with van der Waals surface area (Å²) < 4.78 is 0. The first kappa shape index (κ1) is 28.8. The van der Waals surface area contributed by atoms with Crippen LogP contribution in [-0.4, -0.2) is 41.8 Å². The van der Waals surface area contributed by atoms with Crippen molar-refractivity contribution in [3.63, 3.8) is 0 Å². The Hall–Kier alpha value is -3.21. The van der Waals surface area contributed by atoms with Crippen LogP contribution in [0.2, 0.25) is 0 Å². The molecule has 1 N–H and O–H groups in total. The maximum Gasteiger partial charge on any atom is 0.252 e. The topological polar surface area (TPSA) is 62.3 Å². The van der Waals surface area contributed by atoms with Crippen molar-refractivity contribution in [2.24, 2.45) is 0 Å². The van der Waals surface area contributed by atoms with Gasteiger partial charge in [-0.25, -0.2) is 0 Å². The van der Waals surface area contributed by atoms with Crippen LogP contribution < -0.4 is 5.32 Å². The summed E-state index contributed by atoms with van der Waals surface area (Å²) in [5.41, 5.74) is 0.522. The summed E-state index contributed by atoms with van der Waals surface area (Å²) in [5.74, 6) is -0.0738. The number of hydrogen-bond donors (Lipinski definition) is 1. The van der Waals surface area contributed by atoms with Gasteiger partial charge in [0.05, 0.1) is 5.56 Å². The maximum absolute atomic E-state index is 12.2. The Balaban J connectivity index is 2.02. The van der Waals surface area contributed by atoms with E-state index in [0.717, 1.165) is 44.9 Å². The van der Waals surface area contributed by atoms with Gasteiger partial charge >= 0.3 is 0 Å². The Bertz CT molecular complexity index is 823. The second kappa shape index (κ2) is 20.4. The van der Waals surface area contributed by atoms with Crippen molar-refractivity contribution < 1.29 is 9.59 Å². The third-order valence-electron chi connectivity index (χ3n) is 5.00. The van der Waals surface area contributed by atoms with Crippen LogP contribution >= 0.6 is 0 Å². The van der Waals surface area contributed by atoms with E-state index in [1.54, 1.807) is 30.3 Å². The number of amides is 2. The van der Waals surface area contributed by atoms with E-state index < -0.39 is 0 Å². The van der Waals surface area contributed by atoms with Crippen LogP contribution in [0.25, 0.3) is 0 Å². The van der Waals surface area contributed by atoms with E-state index in [0.29, 0.717) is 25.1 Å². The largest absolute Gasteiger partial charge is 0.350 e. The third kappa shape index (κ3) is 15.6. The van der Waals surface area contributed by atoms with Crippen LogP contribution in [0.5, 0.6) is 0 Å². The number of nitrogens with zero attached hydrogens (tertiary/aromatic N) is 2. The third-order valence-corrected chi connectivity index (χ3v) is 5.00. The number of nitrogens with one attached hydrogen (secondary N) is 1. The molecule has 0 atom stereocenters. The quantitative estimate of drug-likeness (QED) is 0.221. The number of hydrogen-bond acceptors (Lipinski definition) is 3. The molecule has 1 heterocycles. The zero-order valence-electron chi connectivity index (χ0n) is 20.9. The summed E-state index contributed by atoms with van der Waals surface area (Å²) in [6.45, 7) is 3.06. The van der Waals surface area contributed by atoms with Crippen LogP contribution in [0.4, 0.5) is 0 Å². The molecule has 0 aromatic carbocycles. The van der Waals surface area contributed by atoms with E-state index >= 15 is 0 Å². The highest BCUT2D eigenvalue weighted by molar-refractivity contribution is 5.93. The fourth-order valence-electron chi connectivity index (χ4n) is 2.99. The molecule has 1 rings (SSSR count). The molecule has 0 fully saturated rings. The van der Waals surface area contributed by atoms with Crippen molar-refractivity contribution in [2.75, 3.05) is 20.1 Å². The molecule has 2 amide bonds. The average molecular weight is 464 g/mol. The Kier molecular flexibility index (Phi) is 17.3. The predicted molar refractivity (Wildman–Crippen MR) is 143 cm³/mol. The number of aromatic nitrogens is 1. The van der Waals surface area contributed by atoms with E-state index in [9.17, 15) is 9.59 Å². The number of unbranched alkanes of at least 4 members (excludes halogenated alkanes) is 1. The molecule has 0 aliphatic carbocycles. The van der Waals surface area contributed by atoms with Gasteiger partial charge in [-0.3, -0.25) is 14.6 Å². The predicted octanol–water partition coefficient (Wildman–Crippen LogP) is 6.19. The molecule has 0 aliphatic rings. The molecular formula is C29H41N3O2. The first-order chi connectivity index (χ1) is 16.6. The number of rotatable bonds is 17. The van der Waals surface area contributed by atoms with Gasteiger partial charge in [-0.15, -0.1) is 0 Å². The highest BCUT2D eigenvalue weighted by atomic mass is 16.2. The SMILES string of the molecule is CCC=CCC=CCC=CCC=CCC=CCCCC(=O)N(C)CCNC(=O)c1cccnc1. The van der Waals surface area contributed by atoms with Crippen LogP contribution in [0.15, 0.2) is 85.3 Å². The van der Waals surface area contributed by atoms with Crippen LogP contribution in [0.1, 0.15) is 68.6 Å². The Morgan fingerprint density at radius 2 is 1.50 bits per heavy atom. The minimum atomic E-state index is -0.174. The lowest BCUT2D eigenvalue weighted by Crippen LogP contribution is -2.36. The van der Waals surface area contributed by atoms with E-state index in [4.69, 9.17) is 0 Å². The smallest absolute Gasteiger partial charge is 0.252 e. The number of carbonyl (C=O) groups excluding carboxylic acids is 2. The molecule has 5 heteroatoms. The molecule has 0 radical (unpaired) electrons. The fourth-order valence-corrected chi connectivity index (χ4v) is 2.99. The van der Waals surface area contributed by atoms with Crippen LogP contribution in [-0.2, 0) is 4.79 Å². The Morgan fingerprint density at radius 3 is 2.06 bits per heavy atom. The van der Waals surface area contributed by atoms with Gasteiger partial charge in [0.25, 0.3) is 5.91 Å². The maximum atomic E-state index is 12.2. The molecular weight excluding hydrogens is 422 g/mol. The first-order valence-electron chi connectivity index (χ1n) is 12.3. The zero-order valence-corrected chi connectivity index (χ0v) is 20.9. The molecule has 0 unspecified atom stereocenters. The van der Waals surface area contributed by atoms with Crippen molar-refractivity contribution in [2.45, 2.75) is 58.3 Å². The second-order valence-electron chi connectivity index (χ2n) is 7.91. The van der Waals surface area contributed by atoms with Gasteiger partial charge < -0.3 is 10.2 Å². The first-order valence-corrected chi connectivity index (χ1v) is 12.3. The van der Waals surface area contributed by atoms with E-state index in [-0.39, 0.29) is 11.8 Å². The summed E-state index contributed by atoms with van der Waals surface area (Å²) >= 11 is 0. The lowest BCUT2D eigenvalue weighted by atomic mass is 10.2. The molecule has 0 saturated carbocycles. The molecule has 1 aromatic rings. The summed E-state index contributed by atoms with van der Waals surface area (Å²) in [6.07, 6.45) is 32.2. The van der Waals surface area contributed by atoms with Gasteiger partial charge in [0, 0.05) is 39.0 Å². The van der Waals surface area contributed by atoms with Gasteiger partial charge in [-0.2, -0.15) is 0 Å². The number of likely N-dealkylation sites (N-methyl/N-ethyl adjacent to an activating group) is 1. The standard InChI is InChI=1S/C29H41N3O2/c1-3-4-5-6-7-8-9-10-11-12-13-14-15-16-17-18-19-22-28(33)32(2)25-24-31-29(34)27-21-20-23-30-26-27/h4-5,7-8,10-11,13-14,16-17,20-21,23,26H,3,6,9,12,15,18-19,22,24-25H2,1-2H3,(H,31,34). The average Bonchev–Trinajstić information content (AvgIpc) is 2.86. The fraction of sp³-hybridized carbons (Fsp3) is 0.414. The van der Waals surface area contributed by atoms with Crippen LogP contribution in [0, 0.1) is 0 Å². The molecule has 5 nitrogen and oxygen atoms in total. The number of carbonyl (C=O) groups is 2. The lowest BCUT2D eigenvalue weighted by Gasteiger charge is -2.17. The van der Waals surface area contributed by atoms with Crippen molar-refractivity contribution >= 4 is 11.8 Å². The molecule has 184 valence electrons. The van der Waals surface area contributed by atoms with Gasteiger partial charge in [0.2, 0.25) is 5.91 Å². The molecule has 34 heavy (non-hydrogen) atoms. The molecule has 1 aromatic heterocycles. The Morgan fingerprint density at radius 1 is 0.912 bits per heavy atom.